The number of para-hydroxylation sites is 2. The van der Waals surface area contributed by atoms with E-state index in [4.69, 9.17) is 0 Å². The van der Waals surface area contributed by atoms with Crippen molar-refractivity contribution in [3.05, 3.63) is 65.1 Å². The largest absolute Gasteiger partial charge is 0.449 e. The van der Waals surface area contributed by atoms with Crippen LogP contribution < -0.4 is 0 Å². The molecule has 0 atom stereocenters. The van der Waals surface area contributed by atoms with E-state index in [2.05, 4.69) is 11.6 Å². The number of amides is 1. The van der Waals surface area contributed by atoms with Crippen LogP contribution in [0.2, 0.25) is 0 Å². The molecule has 0 fully saturated rings. The second-order valence-electron chi connectivity index (χ2n) is 5.65. The summed E-state index contributed by atoms with van der Waals surface area (Å²) in [5, 5.41) is 1.89. The fourth-order valence-electron chi connectivity index (χ4n) is 2.69. The van der Waals surface area contributed by atoms with Crippen LogP contribution in [0.15, 0.2) is 54.4 Å². The molecule has 0 aliphatic heterocycles. The summed E-state index contributed by atoms with van der Waals surface area (Å²) in [4.78, 5) is 18.8. The van der Waals surface area contributed by atoms with Gasteiger partial charge >= 0.3 is 6.18 Å². The van der Waals surface area contributed by atoms with Gasteiger partial charge in [-0.1, -0.05) is 24.3 Å². The Labute approximate surface area is 152 Å². The maximum Gasteiger partial charge on any atom is 0.449 e. The summed E-state index contributed by atoms with van der Waals surface area (Å²) in [6, 6.07) is 10.0. The van der Waals surface area contributed by atoms with Crippen LogP contribution in [0.4, 0.5) is 13.2 Å². The molecule has 0 saturated heterocycles. The highest BCUT2D eigenvalue weighted by Crippen LogP contribution is 2.31. The number of hydrogen-bond donors (Lipinski definition) is 0. The first-order chi connectivity index (χ1) is 12.4. The van der Waals surface area contributed by atoms with Crippen LogP contribution in [-0.2, 0) is 24.1 Å². The van der Waals surface area contributed by atoms with Gasteiger partial charge in [0, 0.05) is 11.4 Å². The van der Waals surface area contributed by atoms with E-state index in [-0.39, 0.29) is 17.6 Å². The Hall–Kier alpha value is -2.61. The number of alkyl halides is 3. The summed E-state index contributed by atoms with van der Waals surface area (Å²) < 4.78 is 41.0. The Bertz CT molecular complexity index is 916. The highest BCUT2D eigenvalue weighted by molar-refractivity contribution is 7.09. The van der Waals surface area contributed by atoms with Gasteiger partial charge in [-0.15, -0.1) is 17.9 Å². The zero-order chi connectivity index (χ0) is 18.7. The third-order valence-corrected chi connectivity index (χ3v) is 4.69. The molecule has 26 heavy (non-hydrogen) atoms. The minimum Gasteiger partial charge on any atom is -0.332 e. The van der Waals surface area contributed by atoms with Crippen molar-refractivity contribution >= 4 is 28.3 Å². The van der Waals surface area contributed by atoms with Crippen LogP contribution >= 0.6 is 11.3 Å². The van der Waals surface area contributed by atoms with E-state index in [0.717, 1.165) is 9.44 Å². The third-order valence-electron chi connectivity index (χ3n) is 3.83. The van der Waals surface area contributed by atoms with E-state index in [0.29, 0.717) is 6.54 Å². The van der Waals surface area contributed by atoms with Gasteiger partial charge in [-0.2, -0.15) is 13.2 Å². The number of nitrogens with zero attached hydrogens (tertiary/aromatic N) is 3. The maximum absolute atomic E-state index is 13.4. The van der Waals surface area contributed by atoms with Crippen molar-refractivity contribution in [1.82, 2.24) is 14.5 Å². The van der Waals surface area contributed by atoms with Gasteiger partial charge in [0.1, 0.15) is 6.54 Å². The van der Waals surface area contributed by atoms with Crippen molar-refractivity contribution in [1.29, 1.82) is 0 Å². The zero-order valence-corrected chi connectivity index (χ0v) is 14.6. The van der Waals surface area contributed by atoms with E-state index < -0.39 is 24.5 Å². The molecule has 3 aromatic rings. The van der Waals surface area contributed by atoms with Crippen LogP contribution in [-0.4, -0.2) is 26.9 Å². The lowest BCUT2D eigenvalue weighted by molar-refractivity contribution is -0.148. The predicted octanol–water partition coefficient (Wildman–Crippen LogP) is 4.33. The standard InChI is InChI=1S/C18H16F3N3OS/c1-2-9-23(11-13-6-5-10-26-13)16(25)12-24-15-8-4-3-7-14(15)22-17(24)18(19,20)21/h2-8,10H,1,9,11-12H2. The lowest BCUT2D eigenvalue weighted by Gasteiger charge is -2.21. The smallest absolute Gasteiger partial charge is 0.332 e. The van der Waals surface area contributed by atoms with Gasteiger partial charge in [-0.05, 0) is 23.6 Å². The summed E-state index contributed by atoms with van der Waals surface area (Å²) in [6.45, 7) is 3.77. The van der Waals surface area contributed by atoms with Crippen molar-refractivity contribution in [2.75, 3.05) is 6.54 Å². The molecule has 4 nitrogen and oxygen atoms in total. The normalized spacial score (nSPS) is 11.7. The van der Waals surface area contributed by atoms with Gasteiger partial charge in [0.05, 0.1) is 17.6 Å². The van der Waals surface area contributed by atoms with Crippen LogP contribution in [0, 0.1) is 0 Å². The molecule has 3 rings (SSSR count). The molecule has 0 aliphatic rings. The van der Waals surface area contributed by atoms with Crippen LogP contribution in [0.1, 0.15) is 10.7 Å². The minimum atomic E-state index is -4.64. The molecule has 1 amide bonds. The monoisotopic (exact) mass is 379 g/mol. The van der Waals surface area contributed by atoms with E-state index >= 15 is 0 Å². The van der Waals surface area contributed by atoms with Gasteiger partial charge in [-0.25, -0.2) is 4.98 Å². The number of carbonyl (C=O) groups excluding carboxylic acids is 1. The van der Waals surface area contributed by atoms with Gasteiger partial charge in [0.25, 0.3) is 0 Å². The van der Waals surface area contributed by atoms with Crippen molar-refractivity contribution in [3.63, 3.8) is 0 Å². The first-order valence-corrected chi connectivity index (χ1v) is 8.71. The van der Waals surface area contributed by atoms with Gasteiger partial charge in [-0.3, -0.25) is 4.79 Å². The number of benzene rings is 1. The topological polar surface area (TPSA) is 38.1 Å². The number of halogens is 3. The summed E-state index contributed by atoms with van der Waals surface area (Å²) >= 11 is 1.49. The highest BCUT2D eigenvalue weighted by atomic mass is 32.1. The number of fused-ring (bicyclic) bond motifs is 1. The Kier molecular flexibility index (Phi) is 5.13. The third kappa shape index (κ3) is 3.80. The fourth-order valence-corrected chi connectivity index (χ4v) is 3.41. The highest BCUT2D eigenvalue weighted by Gasteiger charge is 2.38. The maximum atomic E-state index is 13.4. The molecule has 2 heterocycles. The van der Waals surface area contributed by atoms with Crippen molar-refractivity contribution in [2.24, 2.45) is 0 Å². The molecule has 0 saturated carbocycles. The summed E-state index contributed by atoms with van der Waals surface area (Å²) in [7, 11) is 0. The van der Waals surface area contributed by atoms with Crippen molar-refractivity contribution < 1.29 is 18.0 Å². The van der Waals surface area contributed by atoms with Gasteiger partial charge in [0.2, 0.25) is 11.7 Å². The number of rotatable bonds is 6. The molecule has 1 aromatic carbocycles. The molecule has 8 heteroatoms. The Balaban J connectivity index is 1.93. The molecule has 0 unspecified atom stereocenters. The lowest BCUT2D eigenvalue weighted by Crippen LogP contribution is -2.34. The number of hydrogen-bond acceptors (Lipinski definition) is 3. The quantitative estimate of drug-likeness (QED) is 0.598. The number of aromatic nitrogens is 2. The lowest BCUT2D eigenvalue weighted by atomic mass is 10.3. The van der Waals surface area contributed by atoms with Crippen molar-refractivity contribution in [3.8, 4) is 0 Å². The molecule has 136 valence electrons. The Morgan fingerprint density at radius 3 is 2.69 bits per heavy atom. The Morgan fingerprint density at radius 1 is 1.27 bits per heavy atom. The molecular weight excluding hydrogens is 363 g/mol. The minimum absolute atomic E-state index is 0.209. The number of thiophene rings is 1. The summed E-state index contributed by atoms with van der Waals surface area (Å²) in [6.07, 6.45) is -3.08. The molecule has 0 aliphatic carbocycles. The molecule has 0 bridgehead atoms. The first kappa shape index (κ1) is 18.2. The average Bonchev–Trinajstić information content (AvgIpc) is 3.22. The molecular formula is C18H16F3N3OS. The SMILES string of the molecule is C=CCN(Cc1cccs1)C(=O)Cn1c(C(F)(F)F)nc2ccccc21. The Morgan fingerprint density at radius 2 is 2.04 bits per heavy atom. The molecule has 0 spiro atoms. The van der Waals surface area contributed by atoms with Crippen LogP contribution in [0.5, 0.6) is 0 Å². The average molecular weight is 379 g/mol. The zero-order valence-electron chi connectivity index (χ0n) is 13.7. The van der Waals surface area contributed by atoms with E-state index in [1.54, 1.807) is 18.2 Å². The summed E-state index contributed by atoms with van der Waals surface area (Å²) in [5.74, 6) is -1.49. The van der Waals surface area contributed by atoms with Gasteiger partial charge in [0.15, 0.2) is 0 Å². The van der Waals surface area contributed by atoms with E-state index in [1.807, 2.05) is 17.5 Å². The molecule has 2 aromatic heterocycles. The van der Waals surface area contributed by atoms with Crippen LogP contribution in [0.3, 0.4) is 0 Å². The van der Waals surface area contributed by atoms with Crippen LogP contribution in [0.25, 0.3) is 11.0 Å². The number of imidazole rings is 1. The molecule has 0 radical (unpaired) electrons. The number of carbonyl (C=O) groups is 1. The predicted molar refractivity (Wildman–Crippen MR) is 94.7 cm³/mol. The summed E-state index contributed by atoms with van der Waals surface area (Å²) in [5.41, 5.74) is 0.490. The van der Waals surface area contributed by atoms with Crippen molar-refractivity contribution in [2.45, 2.75) is 19.3 Å². The van der Waals surface area contributed by atoms with Gasteiger partial charge < -0.3 is 9.47 Å². The fraction of sp³-hybridized carbons (Fsp3) is 0.222. The first-order valence-electron chi connectivity index (χ1n) is 7.83. The second-order valence-corrected chi connectivity index (χ2v) is 6.68. The van der Waals surface area contributed by atoms with E-state index in [1.165, 1.54) is 28.4 Å². The molecule has 0 N–H and O–H groups in total. The van der Waals surface area contributed by atoms with E-state index in [9.17, 15) is 18.0 Å². The second kappa shape index (κ2) is 7.33.